The van der Waals surface area contributed by atoms with Crippen LogP contribution in [0.3, 0.4) is 0 Å². The van der Waals surface area contributed by atoms with Crippen LogP contribution in [0.1, 0.15) is 470 Å². The Labute approximate surface area is 570 Å². The highest BCUT2D eigenvalue weighted by Crippen LogP contribution is 2.20. The van der Waals surface area contributed by atoms with Crippen molar-refractivity contribution >= 4 is 11.9 Å². The normalized spacial score (nSPS) is 12.6. The van der Waals surface area contributed by atoms with Crippen molar-refractivity contribution in [3.63, 3.8) is 0 Å². The first-order chi connectivity index (χ1) is 45.0. The lowest BCUT2D eigenvalue weighted by atomic mass is 10.0. The minimum atomic E-state index is -0.841. The predicted octanol–water partition coefficient (Wildman–Crippen LogP) is 27.8. The van der Waals surface area contributed by atoms with Crippen molar-refractivity contribution in [3.8, 4) is 0 Å². The smallest absolute Gasteiger partial charge is 0.305 e. The van der Waals surface area contributed by atoms with Gasteiger partial charge in [-0.1, -0.05) is 429 Å². The van der Waals surface area contributed by atoms with E-state index in [0.717, 1.165) is 44.9 Å². The maximum atomic E-state index is 12.5. The van der Waals surface area contributed by atoms with E-state index in [1.807, 2.05) is 6.08 Å². The van der Waals surface area contributed by atoms with E-state index in [4.69, 9.17) is 4.74 Å². The fourth-order valence-electron chi connectivity index (χ4n) is 13.3. The number of carbonyl (C=O) groups is 2. The fraction of sp³-hybridized carbons (Fsp3) is 0.906. The van der Waals surface area contributed by atoms with Gasteiger partial charge in [-0.25, -0.2) is 0 Å². The second kappa shape index (κ2) is 80.5. The molecule has 1 amide bonds. The van der Waals surface area contributed by atoms with E-state index in [2.05, 4.69) is 43.5 Å². The van der Waals surface area contributed by atoms with Gasteiger partial charge in [0.05, 0.1) is 25.4 Å². The topological polar surface area (TPSA) is 95.9 Å². The molecule has 91 heavy (non-hydrogen) atoms. The Morgan fingerprint density at radius 1 is 0.308 bits per heavy atom. The number of aliphatic hydroxyl groups is 2. The molecule has 0 saturated carbocycles. The molecule has 0 rings (SSSR count). The van der Waals surface area contributed by atoms with Crippen LogP contribution < -0.4 is 5.32 Å². The third-order valence-corrected chi connectivity index (χ3v) is 19.7. The molecular formula is C85H163NO5. The van der Waals surface area contributed by atoms with Crippen LogP contribution >= 0.6 is 0 Å². The Kier molecular flexibility index (Phi) is 78.8. The molecule has 0 bridgehead atoms. The molecule has 0 radical (unpaired) electrons. The SMILES string of the molecule is CCCCC/C=C\C/C=C\CCCCCCCCCCCC(=O)OCCCCCCCCCCCCCCCCCCCCCCCCCCCCCCCCCCCCCCCC(=O)NC(CO)C(O)/C=C/CCCCCCCCCCCCCCCCCC. The van der Waals surface area contributed by atoms with Gasteiger partial charge in [0.1, 0.15) is 0 Å². The number of hydrogen-bond acceptors (Lipinski definition) is 5. The second-order valence-electron chi connectivity index (χ2n) is 28.8. The van der Waals surface area contributed by atoms with Gasteiger partial charge in [0.15, 0.2) is 0 Å². The van der Waals surface area contributed by atoms with Crippen LogP contribution in [0, 0.1) is 0 Å². The summed E-state index contributed by atoms with van der Waals surface area (Å²) in [5.41, 5.74) is 0. The number of nitrogens with one attached hydrogen (secondary N) is 1. The number of amides is 1. The lowest BCUT2D eigenvalue weighted by molar-refractivity contribution is -0.143. The molecule has 0 aliphatic carbocycles. The summed E-state index contributed by atoms with van der Waals surface area (Å²) in [7, 11) is 0. The maximum absolute atomic E-state index is 12.5. The molecule has 3 N–H and O–H groups in total. The predicted molar refractivity (Wildman–Crippen MR) is 403 cm³/mol. The molecule has 0 heterocycles. The van der Waals surface area contributed by atoms with Gasteiger partial charge in [0.2, 0.25) is 5.91 Å². The zero-order valence-electron chi connectivity index (χ0n) is 61.9. The average Bonchev–Trinajstić information content (AvgIpc) is 3.65. The van der Waals surface area contributed by atoms with Crippen molar-refractivity contribution in [1.29, 1.82) is 0 Å². The molecule has 0 aromatic heterocycles. The van der Waals surface area contributed by atoms with Gasteiger partial charge >= 0.3 is 5.97 Å². The van der Waals surface area contributed by atoms with Crippen LogP contribution in [0.25, 0.3) is 0 Å². The van der Waals surface area contributed by atoms with Crippen LogP contribution in [0.4, 0.5) is 0 Å². The molecular weight excluding hydrogens is 1110 g/mol. The van der Waals surface area contributed by atoms with Gasteiger partial charge in [-0.15, -0.1) is 0 Å². The van der Waals surface area contributed by atoms with Gasteiger partial charge in [-0.3, -0.25) is 9.59 Å². The van der Waals surface area contributed by atoms with Crippen LogP contribution in [-0.2, 0) is 14.3 Å². The number of aliphatic hydroxyl groups excluding tert-OH is 2. The highest BCUT2D eigenvalue weighted by atomic mass is 16.5. The van der Waals surface area contributed by atoms with E-state index in [1.54, 1.807) is 6.08 Å². The van der Waals surface area contributed by atoms with Crippen molar-refractivity contribution < 1.29 is 24.5 Å². The quantitative estimate of drug-likeness (QED) is 0.0320. The first-order valence-corrected chi connectivity index (χ1v) is 41.8. The molecule has 2 atom stereocenters. The number of allylic oxidation sites excluding steroid dienone is 5. The summed E-state index contributed by atoms with van der Waals surface area (Å²) in [6.45, 7) is 4.93. The number of esters is 1. The zero-order chi connectivity index (χ0) is 65.6. The van der Waals surface area contributed by atoms with E-state index < -0.39 is 12.1 Å². The zero-order valence-corrected chi connectivity index (χ0v) is 61.9. The standard InChI is InChI=1S/C85H163NO5/c1-3-5-7-9-11-13-15-17-19-21-42-47-51-55-59-63-67-71-75-79-85(90)91-80-76-72-68-64-60-56-52-48-44-41-39-37-35-33-31-29-27-25-23-24-26-28-30-32-34-36-38-40-43-46-50-54-58-62-66-70-74-78-84(89)86-82(81-87)83(88)77-73-69-65-61-57-53-49-45-22-20-18-16-14-12-10-8-6-4-2/h11,13,17,19,73,77,82-83,87-88H,3-10,12,14-16,18,20-72,74-76,78-81H2,1-2H3,(H,86,89)/b13-11-,19-17-,77-73+. The van der Waals surface area contributed by atoms with Crippen molar-refractivity contribution in [2.24, 2.45) is 0 Å². The monoisotopic (exact) mass is 1280 g/mol. The molecule has 6 nitrogen and oxygen atoms in total. The number of rotatable bonds is 79. The van der Waals surface area contributed by atoms with Crippen molar-refractivity contribution in [1.82, 2.24) is 5.32 Å². The summed E-state index contributed by atoms with van der Waals surface area (Å²) in [5, 5.41) is 23.3. The lowest BCUT2D eigenvalue weighted by Gasteiger charge is -2.20. The van der Waals surface area contributed by atoms with Crippen molar-refractivity contribution in [2.45, 2.75) is 482 Å². The first kappa shape index (κ1) is 89.1. The Morgan fingerprint density at radius 2 is 0.549 bits per heavy atom. The third kappa shape index (κ3) is 77.0. The van der Waals surface area contributed by atoms with Crippen LogP contribution in [0.15, 0.2) is 36.5 Å². The van der Waals surface area contributed by atoms with E-state index in [1.165, 1.54) is 398 Å². The number of unbranched alkanes of at least 4 members (excludes halogenated alkanes) is 64. The molecule has 6 heteroatoms. The van der Waals surface area contributed by atoms with Gasteiger partial charge in [-0.2, -0.15) is 0 Å². The maximum Gasteiger partial charge on any atom is 0.305 e. The summed E-state index contributed by atoms with van der Waals surface area (Å²) in [5.74, 6) is -0.0379. The van der Waals surface area contributed by atoms with Gasteiger partial charge in [0.25, 0.3) is 0 Å². The van der Waals surface area contributed by atoms with Gasteiger partial charge in [0, 0.05) is 12.8 Å². The van der Waals surface area contributed by atoms with Gasteiger partial charge < -0.3 is 20.3 Å². The lowest BCUT2D eigenvalue weighted by Crippen LogP contribution is -2.45. The molecule has 0 aliphatic rings. The van der Waals surface area contributed by atoms with Crippen molar-refractivity contribution in [2.75, 3.05) is 13.2 Å². The fourth-order valence-corrected chi connectivity index (χ4v) is 13.3. The molecule has 538 valence electrons. The molecule has 0 aromatic rings. The first-order valence-electron chi connectivity index (χ1n) is 41.8. The Morgan fingerprint density at radius 3 is 0.857 bits per heavy atom. The largest absolute Gasteiger partial charge is 0.466 e. The minimum Gasteiger partial charge on any atom is -0.466 e. The van der Waals surface area contributed by atoms with Crippen LogP contribution in [0.2, 0.25) is 0 Å². The highest BCUT2D eigenvalue weighted by Gasteiger charge is 2.18. The minimum absolute atomic E-state index is 0.0202. The highest BCUT2D eigenvalue weighted by molar-refractivity contribution is 5.76. The summed E-state index contributed by atoms with van der Waals surface area (Å²) >= 11 is 0. The molecule has 2 unspecified atom stereocenters. The summed E-state index contributed by atoms with van der Waals surface area (Å²) in [6, 6.07) is -0.624. The number of ether oxygens (including phenoxy) is 1. The Hall–Kier alpha value is -1.92. The number of carbonyl (C=O) groups excluding carboxylic acids is 2. The van der Waals surface area contributed by atoms with E-state index >= 15 is 0 Å². The summed E-state index contributed by atoms with van der Waals surface area (Å²) in [4.78, 5) is 24.7. The van der Waals surface area contributed by atoms with E-state index in [0.29, 0.717) is 19.4 Å². The summed E-state index contributed by atoms with van der Waals surface area (Å²) in [6.07, 6.45) is 106. The second-order valence-corrected chi connectivity index (χ2v) is 28.8. The van der Waals surface area contributed by atoms with Gasteiger partial charge in [-0.05, 0) is 64.2 Å². The van der Waals surface area contributed by atoms with Crippen LogP contribution in [0.5, 0.6) is 0 Å². The average molecular weight is 1280 g/mol. The van der Waals surface area contributed by atoms with E-state index in [9.17, 15) is 19.8 Å². The molecule has 0 fully saturated rings. The Bertz CT molecular complexity index is 1470. The Balaban J connectivity index is 3.31. The molecule has 0 saturated heterocycles. The van der Waals surface area contributed by atoms with Crippen molar-refractivity contribution in [3.05, 3.63) is 36.5 Å². The molecule has 0 aliphatic heterocycles. The summed E-state index contributed by atoms with van der Waals surface area (Å²) < 4.78 is 5.52. The molecule has 0 aromatic carbocycles. The number of hydrogen-bond donors (Lipinski definition) is 3. The van der Waals surface area contributed by atoms with E-state index in [-0.39, 0.29) is 18.5 Å². The third-order valence-electron chi connectivity index (χ3n) is 19.7. The van der Waals surface area contributed by atoms with Crippen LogP contribution in [-0.4, -0.2) is 47.4 Å². The molecule has 0 spiro atoms.